The SMILES string of the molecule is CCN(CC)c1ccc(NC(=O)OC(CC#N)c2ccncn2)c(C)c1. The molecule has 0 spiro atoms. The Morgan fingerprint density at radius 2 is 2.12 bits per heavy atom. The van der Waals surface area contributed by atoms with Gasteiger partial charge >= 0.3 is 6.09 Å². The lowest BCUT2D eigenvalue weighted by atomic mass is 10.1. The first kappa shape index (κ1) is 19.2. The highest BCUT2D eigenvalue weighted by Gasteiger charge is 2.18. The summed E-state index contributed by atoms with van der Waals surface area (Å²) >= 11 is 0. The molecule has 2 aromatic rings. The van der Waals surface area contributed by atoms with Crippen LogP contribution in [0.1, 0.15) is 37.6 Å². The Morgan fingerprint density at radius 1 is 1.35 bits per heavy atom. The van der Waals surface area contributed by atoms with Gasteiger partial charge in [-0.25, -0.2) is 14.8 Å². The summed E-state index contributed by atoms with van der Waals surface area (Å²) in [7, 11) is 0. The number of benzene rings is 1. The molecule has 2 rings (SSSR count). The minimum atomic E-state index is -0.738. The molecule has 136 valence electrons. The topological polar surface area (TPSA) is 91.1 Å². The van der Waals surface area contributed by atoms with Crippen molar-refractivity contribution in [1.29, 1.82) is 5.26 Å². The average molecular weight is 353 g/mol. The summed E-state index contributed by atoms with van der Waals surface area (Å²) in [6.07, 6.45) is 1.56. The fourth-order valence-electron chi connectivity index (χ4n) is 2.62. The van der Waals surface area contributed by atoms with Crippen LogP contribution in [0.2, 0.25) is 0 Å². The lowest BCUT2D eigenvalue weighted by Crippen LogP contribution is -2.22. The van der Waals surface area contributed by atoms with Crippen LogP contribution in [0.5, 0.6) is 0 Å². The summed E-state index contributed by atoms with van der Waals surface area (Å²) in [6, 6.07) is 9.48. The van der Waals surface area contributed by atoms with Crippen molar-refractivity contribution in [3.05, 3.63) is 48.0 Å². The molecule has 7 heteroatoms. The van der Waals surface area contributed by atoms with Gasteiger partial charge in [0.1, 0.15) is 6.33 Å². The maximum Gasteiger partial charge on any atom is 0.412 e. The van der Waals surface area contributed by atoms with Crippen LogP contribution >= 0.6 is 0 Å². The van der Waals surface area contributed by atoms with Crippen LogP contribution in [0.15, 0.2) is 36.8 Å². The van der Waals surface area contributed by atoms with Gasteiger partial charge in [0.2, 0.25) is 0 Å². The Hall–Kier alpha value is -3.14. The second-order valence-electron chi connectivity index (χ2n) is 5.69. The smallest absolute Gasteiger partial charge is 0.412 e. The number of aryl methyl sites for hydroxylation is 1. The summed E-state index contributed by atoms with van der Waals surface area (Å²) in [5, 5.41) is 11.7. The number of rotatable bonds is 7. The number of hydrogen-bond donors (Lipinski definition) is 1. The molecule has 26 heavy (non-hydrogen) atoms. The maximum absolute atomic E-state index is 12.3. The number of carbonyl (C=O) groups excluding carboxylic acids is 1. The molecular weight excluding hydrogens is 330 g/mol. The molecule has 1 atom stereocenters. The number of hydrogen-bond acceptors (Lipinski definition) is 6. The third-order valence-corrected chi connectivity index (χ3v) is 4.04. The molecule has 0 aliphatic heterocycles. The molecule has 1 amide bonds. The van der Waals surface area contributed by atoms with Crippen LogP contribution in [0.4, 0.5) is 16.2 Å². The molecule has 0 saturated heterocycles. The van der Waals surface area contributed by atoms with E-state index in [0.717, 1.165) is 24.3 Å². The van der Waals surface area contributed by atoms with Crippen LogP contribution < -0.4 is 10.2 Å². The van der Waals surface area contributed by atoms with E-state index in [1.807, 2.05) is 31.2 Å². The Kier molecular flexibility index (Phi) is 6.92. The summed E-state index contributed by atoms with van der Waals surface area (Å²) in [5.41, 5.74) is 3.20. The lowest BCUT2D eigenvalue weighted by Gasteiger charge is -2.22. The van der Waals surface area contributed by atoms with Gasteiger partial charge in [-0.05, 0) is 50.6 Å². The van der Waals surface area contributed by atoms with Gasteiger partial charge in [0.25, 0.3) is 0 Å². The van der Waals surface area contributed by atoms with Crippen LogP contribution in [-0.2, 0) is 4.74 Å². The first-order valence-corrected chi connectivity index (χ1v) is 8.55. The molecule has 0 aliphatic rings. The molecule has 0 bridgehead atoms. The first-order chi connectivity index (χ1) is 12.6. The maximum atomic E-state index is 12.3. The van der Waals surface area contributed by atoms with Crippen molar-refractivity contribution in [1.82, 2.24) is 9.97 Å². The van der Waals surface area contributed by atoms with Crippen molar-refractivity contribution in [2.24, 2.45) is 0 Å². The number of anilines is 2. The van der Waals surface area contributed by atoms with Crippen molar-refractivity contribution < 1.29 is 9.53 Å². The standard InChI is InChI=1S/C19H23N5O2/c1-4-24(5-2)15-6-7-16(14(3)12-15)23-19(25)26-18(8-10-20)17-9-11-21-13-22-17/h6-7,9,11-13,18H,4-5,8H2,1-3H3,(H,23,25). The second kappa shape index (κ2) is 9.37. The molecule has 0 fully saturated rings. The van der Waals surface area contributed by atoms with E-state index in [1.54, 1.807) is 12.3 Å². The van der Waals surface area contributed by atoms with Gasteiger partial charge in [0.05, 0.1) is 18.2 Å². The van der Waals surface area contributed by atoms with Gasteiger partial charge in [0.15, 0.2) is 6.10 Å². The first-order valence-electron chi connectivity index (χ1n) is 8.55. The zero-order chi connectivity index (χ0) is 18.9. The molecule has 1 aromatic carbocycles. The van der Waals surface area contributed by atoms with Crippen LogP contribution in [0, 0.1) is 18.3 Å². The third-order valence-electron chi connectivity index (χ3n) is 4.04. The number of nitrogens with one attached hydrogen (secondary N) is 1. The minimum absolute atomic E-state index is 0.0182. The van der Waals surface area contributed by atoms with E-state index in [-0.39, 0.29) is 6.42 Å². The zero-order valence-corrected chi connectivity index (χ0v) is 15.3. The fraction of sp³-hybridized carbons (Fsp3) is 0.368. The van der Waals surface area contributed by atoms with Crippen molar-refractivity contribution in [2.45, 2.75) is 33.3 Å². The van der Waals surface area contributed by atoms with E-state index in [4.69, 9.17) is 10.00 Å². The van der Waals surface area contributed by atoms with Gasteiger partial charge in [0, 0.05) is 30.7 Å². The van der Waals surface area contributed by atoms with E-state index < -0.39 is 12.2 Å². The van der Waals surface area contributed by atoms with Crippen LogP contribution in [0.3, 0.4) is 0 Å². The van der Waals surface area contributed by atoms with E-state index in [1.165, 1.54) is 6.33 Å². The van der Waals surface area contributed by atoms with Crippen LogP contribution in [-0.4, -0.2) is 29.2 Å². The van der Waals surface area contributed by atoms with Crippen LogP contribution in [0.25, 0.3) is 0 Å². The summed E-state index contributed by atoms with van der Waals surface area (Å²) in [4.78, 5) is 22.4. The Morgan fingerprint density at radius 3 is 2.69 bits per heavy atom. The number of amides is 1. The molecule has 0 saturated carbocycles. The Balaban J connectivity index is 2.08. The highest BCUT2D eigenvalue weighted by atomic mass is 16.6. The van der Waals surface area contributed by atoms with Gasteiger partial charge in [-0.2, -0.15) is 5.26 Å². The molecule has 1 aromatic heterocycles. The predicted molar refractivity (Wildman–Crippen MR) is 99.8 cm³/mol. The highest BCUT2D eigenvalue weighted by molar-refractivity contribution is 5.86. The quantitative estimate of drug-likeness (QED) is 0.813. The van der Waals surface area contributed by atoms with Gasteiger partial charge in [-0.1, -0.05) is 0 Å². The minimum Gasteiger partial charge on any atom is -0.438 e. The lowest BCUT2D eigenvalue weighted by molar-refractivity contribution is 0.111. The molecule has 0 radical (unpaired) electrons. The zero-order valence-electron chi connectivity index (χ0n) is 15.3. The number of carbonyl (C=O) groups is 1. The van der Waals surface area contributed by atoms with Crippen molar-refractivity contribution in [3.8, 4) is 6.07 Å². The fourth-order valence-corrected chi connectivity index (χ4v) is 2.62. The summed E-state index contributed by atoms with van der Waals surface area (Å²) in [5.74, 6) is 0. The number of aromatic nitrogens is 2. The van der Waals surface area contributed by atoms with E-state index in [9.17, 15) is 4.79 Å². The molecular formula is C19H23N5O2. The van der Waals surface area contributed by atoms with E-state index >= 15 is 0 Å². The monoisotopic (exact) mass is 353 g/mol. The second-order valence-corrected chi connectivity index (χ2v) is 5.69. The van der Waals surface area contributed by atoms with Gasteiger partial charge in [-0.15, -0.1) is 0 Å². The van der Waals surface area contributed by atoms with Gasteiger partial charge in [-0.3, -0.25) is 5.32 Å². The highest BCUT2D eigenvalue weighted by Crippen LogP contribution is 2.24. The van der Waals surface area contributed by atoms with E-state index in [2.05, 4.69) is 34.0 Å². The molecule has 1 unspecified atom stereocenters. The Bertz CT molecular complexity index is 769. The normalized spacial score (nSPS) is 11.3. The summed E-state index contributed by atoms with van der Waals surface area (Å²) in [6.45, 7) is 7.97. The number of nitriles is 1. The largest absolute Gasteiger partial charge is 0.438 e. The van der Waals surface area contributed by atoms with Crippen molar-refractivity contribution in [2.75, 3.05) is 23.3 Å². The predicted octanol–water partition coefficient (Wildman–Crippen LogP) is 3.83. The number of ether oxygens (including phenoxy) is 1. The Labute approximate surface area is 153 Å². The average Bonchev–Trinajstić information content (AvgIpc) is 2.65. The van der Waals surface area contributed by atoms with Gasteiger partial charge < -0.3 is 9.64 Å². The molecule has 1 heterocycles. The van der Waals surface area contributed by atoms with Crippen molar-refractivity contribution >= 4 is 17.5 Å². The van der Waals surface area contributed by atoms with Crippen molar-refractivity contribution in [3.63, 3.8) is 0 Å². The number of nitrogens with zero attached hydrogens (tertiary/aromatic N) is 4. The molecule has 1 N–H and O–H groups in total. The van der Waals surface area contributed by atoms with E-state index in [0.29, 0.717) is 11.4 Å². The third kappa shape index (κ3) is 4.93. The molecule has 7 nitrogen and oxygen atoms in total. The molecule has 0 aliphatic carbocycles. The summed E-state index contributed by atoms with van der Waals surface area (Å²) < 4.78 is 5.38.